The first-order chi connectivity index (χ1) is 12.1. The van der Waals surface area contributed by atoms with Crippen molar-refractivity contribution < 1.29 is 0 Å². The highest BCUT2D eigenvalue weighted by Crippen LogP contribution is 2.28. The van der Waals surface area contributed by atoms with Crippen molar-refractivity contribution in [3.05, 3.63) is 76.5 Å². The Kier molecular flexibility index (Phi) is 3.69. The van der Waals surface area contributed by atoms with Crippen LogP contribution < -0.4 is 11.1 Å². The molecule has 0 atom stereocenters. The minimum atomic E-state index is 0.253. The molecule has 0 fully saturated rings. The number of benzene rings is 2. The molecule has 0 amide bonds. The van der Waals surface area contributed by atoms with Gasteiger partial charge in [-0.15, -0.1) is 0 Å². The molecule has 3 aromatic rings. The summed E-state index contributed by atoms with van der Waals surface area (Å²) in [5, 5.41) is 3.28. The second kappa shape index (κ2) is 6.02. The quantitative estimate of drug-likeness (QED) is 0.767. The molecule has 124 valence electrons. The highest BCUT2D eigenvalue weighted by molar-refractivity contribution is 6.15. The van der Waals surface area contributed by atoms with Crippen LogP contribution in [0.2, 0.25) is 0 Å². The van der Waals surface area contributed by atoms with E-state index in [9.17, 15) is 0 Å². The second-order valence-corrected chi connectivity index (χ2v) is 6.34. The van der Waals surface area contributed by atoms with Crippen molar-refractivity contribution in [3.8, 4) is 0 Å². The molecule has 0 unspecified atom stereocenters. The summed E-state index contributed by atoms with van der Waals surface area (Å²) < 4.78 is 0. The number of aryl methyl sites for hydroxylation is 2. The van der Waals surface area contributed by atoms with Gasteiger partial charge in [0, 0.05) is 23.0 Å². The molecular weight excluding hydrogens is 310 g/mol. The molecule has 0 radical (unpaired) electrons. The fraction of sp³-hybridized carbons (Fsp3) is 0.150. The lowest BCUT2D eigenvalue weighted by molar-refractivity contribution is 1.11. The first-order valence-corrected chi connectivity index (χ1v) is 8.20. The predicted octanol–water partition coefficient (Wildman–Crippen LogP) is 3.77. The summed E-state index contributed by atoms with van der Waals surface area (Å²) in [6.45, 7) is 4.95. The average molecular weight is 329 g/mol. The molecule has 0 saturated carbocycles. The predicted molar refractivity (Wildman–Crippen MR) is 101 cm³/mol. The molecule has 5 heteroatoms. The van der Waals surface area contributed by atoms with Gasteiger partial charge in [0.05, 0.1) is 12.3 Å². The third-order valence-electron chi connectivity index (χ3n) is 4.21. The summed E-state index contributed by atoms with van der Waals surface area (Å²) in [5.41, 5.74) is 13.7. The van der Waals surface area contributed by atoms with Crippen LogP contribution in [0.3, 0.4) is 0 Å². The lowest BCUT2D eigenvalue weighted by Gasteiger charge is -2.10. The lowest BCUT2D eigenvalue weighted by Crippen LogP contribution is -2.04. The molecule has 25 heavy (non-hydrogen) atoms. The molecule has 0 aliphatic carbocycles. The van der Waals surface area contributed by atoms with E-state index in [0.717, 1.165) is 23.5 Å². The second-order valence-electron chi connectivity index (χ2n) is 6.34. The van der Waals surface area contributed by atoms with Crippen molar-refractivity contribution >= 4 is 23.2 Å². The average Bonchev–Trinajstić information content (AvgIpc) is 2.97. The highest BCUT2D eigenvalue weighted by atomic mass is 15.1. The number of rotatable bonds is 3. The number of nitrogen functional groups attached to an aromatic ring is 1. The molecule has 2 aromatic carbocycles. The van der Waals surface area contributed by atoms with Gasteiger partial charge in [-0.05, 0) is 49.7 Å². The topological polar surface area (TPSA) is 76.2 Å². The van der Waals surface area contributed by atoms with Gasteiger partial charge in [-0.1, -0.05) is 23.3 Å². The van der Waals surface area contributed by atoms with E-state index in [4.69, 9.17) is 10.7 Å². The fourth-order valence-electron chi connectivity index (χ4n) is 3.21. The van der Waals surface area contributed by atoms with Gasteiger partial charge < -0.3 is 11.1 Å². The number of aliphatic imine (C=N–C) groups is 1. The van der Waals surface area contributed by atoms with Crippen molar-refractivity contribution in [1.82, 2.24) is 9.97 Å². The SMILES string of the molecule is Cc1cc(C)cc(C2=NCc3ccc(Nc4ccnc(N)n4)cc32)c1. The van der Waals surface area contributed by atoms with E-state index in [1.54, 1.807) is 12.3 Å². The number of aromatic nitrogens is 2. The summed E-state index contributed by atoms with van der Waals surface area (Å²) in [5.74, 6) is 0.930. The summed E-state index contributed by atoms with van der Waals surface area (Å²) in [4.78, 5) is 12.9. The fourth-order valence-corrected chi connectivity index (χ4v) is 3.21. The van der Waals surface area contributed by atoms with Gasteiger partial charge in [0.15, 0.2) is 0 Å². The Morgan fingerprint density at radius 1 is 1.00 bits per heavy atom. The molecule has 4 rings (SSSR count). The van der Waals surface area contributed by atoms with Crippen molar-refractivity contribution in [2.45, 2.75) is 20.4 Å². The molecule has 1 aromatic heterocycles. The molecule has 1 aliphatic rings. The molecule has 3 N–H and O–H groups in total. The third kappa shape index (κ3) is 3.08. The van der Waals surface area contributed by atoms with Crippen LogP contribution in [0.1, 0.15) is 27.8 Å². The lowest BCUT2D eigenvalue weighted by atomic mass is 9.97. The van der Waals surface area contributed by atoms with Gasteiger partial charge in [-0.3, -0.25) is 4.99 Å². The van der Waals surface area contributed by atoms with Gasteiger partial charge in [-0.25, -0.2) is 4.98 Å². The minimum absolute atomic E-state index is 0.253. The molecule has 2 heterocycles. The van der Waals surface area contributed by atoms with Gasteiger partial charge in [-0.2, -0.15) is 4.98 Å². The van der Waals surface area contributed by atoms with E-state index < -0.39 is 0 Å². The van der Waals surface area contributed by atoms with E-state index in [2.05, 4.69) is 59.5 Å². The van der Waals surface area contributed by atoms with Crippen LogP contribution in [0, 0.1) is 13.8 Å². The smallest absolute Gasteiger partial charge is 0.221 e. The first kappa shape index (κ1) is 15.3. The molecular formula is C20H19N5. The number of anilines is 3. The van der Waals surface area contributed by atoms with Crippen LogP contribution >= 0.6 is 0 Å². The Balaban J connectivity index is 1.69. The molecule has 0 spiro atoms. The molecule has 0 bridgehead atoms. The van der Waals surface area contributed by atoms with Crippen molar-refractivity contribution in [3.63, 3.8) is 0 Å². The van der Waals surface area contributed by atoms with Gasteiger partial charge >= 0.3 is 0 Å². The third-order valence-corrected chi connectivity index (χ3v) is 4.21. The largest absolute Gasteiger partial charge is 0.368 e. The van der Waals surface area contributed by atoms with Crippen LogP contribution in [0.4, 0.5) is 17.5 Å². The maximum atomic E-state index is 5.65. The Bertz CT molecular complexity index is 971. The van der Waals surface area contributed by atoms with Crippen LogP contribution in [0.25, 0.3) is 0 Å². The Morgan fingerprint density at radius 2 is 1.80 bits per heavy atom. The summed E-state index contributed by atoms with van der Waals surface area (Å²) in [6, 6.07) is 14.6. The number of hydrogen-bond donors (Lipinski definition) is 2. The van der Waals surface area contributed by atoms with Crippen LogP contribution in [-0.4, -0.2) is 15.7 Å². The number of nitrogens with two attached hydrogens (primary N) is 1. The van der Waals surface area contributed by atoms with Crippen molar-refractivity contribution in [2.24, 2.45) is 4.99 Å². The van der Waals surface area contributed by atoms with Crippen molar-refractivity contribution in [2.75, 3.05) is 11.1 Å². The summed E-state index contributed by atoms with van der Waals surface area (Å²) >= 11 is 0. The molecule has 1 aliphatic heterocycles. The monoisotopic (exact) mass is 329 g/mol. The van der Waals surface area contributed by atoms with Gasteiger partial charge in [0.25, 0.3) is 0 Å². The Hall–Kier alpha value is -3.21. The van der Waals surface area contributed by atoms with Gasteiger partial charge in [0.1, 0.15) is 5.82 Å². The Labute approximate surface area is 146 Å². The highest BCUT2D eigenvalue weighted by Gasteiger charge is 2.18. The molecule has 5 nitrogen and oxygen atoms in total. The van der Waals surface area contributed by atoms with E-state index in [1.165, 1.54) is 22.3 Å². The minimum Gasteiger partial charge on any atom is -0.368 e. The van der Waals surface area contributed by atoms with E-state index in [-0.39, 0.29) is 5.95 Å². The van der Waals surface area contributed by atoms with Crippen molar-refractivity contribution in [1.29, 1.82) is 0 Å². The number of hydrogen-bond acceptors (Lipinski definition) is 5. The van der Waals surface area contributed by atoms with E-state index in [1.807, 2.05) is 6.07 Å². The van der Waals surface area contributed by atoms with Crippen LogP contribution in [-0.2, 0) is 6.54 Å². The summed E-state index contributed by atoms with van der Waals surface area (Å²) in [6.07, 6.45) is 1.64. The Morgan fingerprint density at radius 3 is 2.56 bits per heavy atom. The summed E-state index contributed by atoms with van der Waals surface area (Å²) in [7, 11) is 0. The maximum absolute atomic E-state index is 5.65. The standard InChI is InChI=1S/C20H19N5/c1-12-7-13(2)9-15(8-12)19-17-10-16(4-3-14(17)11-23-19)24-18-5-6-22-20(21)25-18/h3-10H,11H2,1-2H3,(H3,21,22,24,25). The molecule has 0 saturated heterocycles. The van der Waals surface area contributed by atoms with Gasteiger partial charge in [0.2, 0.25) is 5.95 Å². The number of fused-ring (bicyclic) bond motifs is 1. The van der Waals surface area contributed by atoms with Crippen LogP contribution in [0.15, 0.2) is 53.7 Å². The zero-order valence-electron chi connectivity index (χ0n) is 14.2. The zero-order chi connectivity index (χ0) is 17.4. The number of nitrogens with zero attached hydrogens (tertiary/aromatic N) is 3. The maximum Gasteiger partial charge on any atom is 0.221 e. The van der Waals surface area contributed by atoms with E-state index in [0.29, 0.717) is 5.82 Å². The normalized spacial score (nSPS) is 12.6. The van der Waals surface area contributed by atoms with E-state index >= 15 is 0 Å². The van der Waals surface area contributed by atoms with Crippen LogP contribution in [0.5, 0.6) is 0 Å². The zero-order valence-corrected chi connectivity index (χ0v) is 14.2. The number of nitrogens with one attached hydrogen (secondary N) is 1. The first-order valence-electron chi connectivity index (χ1n) is 8.20.